The van der Waals surface area contributed by atoms with Crippen molar-refractivity contribution in [3.05, 3.63) is 70.1 Å². The maximum absolute atomic E-state index is 12.4. The highest BCUT2D eigenvalue weighted by Gasteiger charge is 2.12. The van der Waals surface area contributed by atoms with Crippen LogP contribution < -0.4 is 11.0 Å². The molecule has 2 heterocycles. The summed E-state index contributed by atoms with van der Waals surface area (Å²) in [6, 6.07) is 16.2. The van der Waals surface area contributed by atoms with E-state index in [-0.39, 0.29) is 18.0 Å². The maximum Gasteiger partial charge on any atom is 0.328 e. The second kappa shape index (κ2) is 9.30. The van der Waals surface area contributed by atoms with Crippen LogP contribution in [-0.4, -0.2) is 33.0 Å². The standard InChI is InChI=1S/C24H30N4O2/c1-26-21-7-3-4-8-22(21)28(24(26)30)16-13-23(29)25-17-19-9-11-20(12-10-19)18-27-14-5-2-6-15-27/h3-4,7-12H,2,5-6,13-18H2,1H3,(H,25,29). The van der Waals surface area contributed by atoms with E-state index in [0.29, 0.717) is 13.1 Å². The van der Waals surface area contributed by atoms with Crippen molar-refractivity contribution in [2.75, 3.05) is 13.1 Å². The van der Waals surface area contributed by atoms with Crippen LogP contribution in [0.15, 0.2) is 53.3 Å². The third kappa shape index (κ3) is 4.65. The van der Waals surface area contributed by atoms with Crippen molar-refractivity contribution in [1.29, 1.82) is 0 Å². The highest BCUT2D eigenvalue weighted by atomic mass is 16.2. The van der Waals surface area contributed by atoms with E-state index < -0.39 is 0 Å². The Balaban J connectivity index is 1.28. The van der Waals surface area contributed by atoms with Gasteiger partial charge in [0.25, 0.3) is 0 Å². The fraction of sp³-hybridized carbons (Fsp3) is 0.417. The third-order valence-corrected chi connectivity index (χ3v) is 5.98. The summed E-state index contributed by atoms with van der Waals surface area (Å²) in [6.45, 7) is 4.27. The quantitative estimate of drug-likeness (QED) is 0.656. The van der Waals surface area contributed by atoms with Crippen LogP contribution in [0.1, 0.15) is 36.8 Å². The Kier molecular flexibility index (Phi) is 6.33. The van der Waals surface area contributed by atoms with Gasteiger partial charge >= 0.3 is 5.69 Å². The number of benzene rings is 2. The number of hydrogen-bond donors (Lipinski definition) is 1. The summed E-state index contributed by atoms with van der Waals surface area (Å²) in [5.41, 5.74) is 4.07. The van der Waals surface area contributed by atoms with Gasteiger partial charge in [-0.2, -0.15) is 0 Å². The maximum atomic E-state index is 12.4. The molecule has 158 valence electrons. The SMILES string of the molecule is Cn1c(=O)n(CCC(=O)NCc2ccc(CN3CCCCC3)cc2)c2ccccc21. The number of aryl methyl sites for hydroxylation is 2. The number of para-hydroxylation sites is 2. The lowest BCUT2D eigenvalue weighted by molar-refractivity contribution is -0.121. The summed E-state index contributed by atoms with van der Waals surface area (Å²) in [7, 11) is 1.76. The van der Waals surface area contributed by atoms with E-state index >= 15 is 0 Å². The first kappa shape index (κ1) is 20.4. The van der Waals surface area contributed by atoms with Gasteiger partial charge in [-0.25, -0.2) is 4.79 Å². The fourth-order valence-corrected chi connectivity index (χ4v) is 4.22. The van der Waals surface area contributed by atoms with Crippen LogP contribution in [0, 0.1) is 0 Å². The first-order chi connectivity index (χ1) is 14.6. The molecule has 1 saturated heterocycles. The highest BCUT2D eigenvalue weighted by molar-refractivity contribution is 5.77. The van der Waals surface area contributed by atoms with Gasteiger partial charge in [0.2, 0.25) is 5.91 Å². The predicted octanol–water partition coefficient (Wildman–Crippen LogP) is 3.03. The smallest absolute Gasteiger partial charge is 0.328 e. The molecule has 0 spiro atoms. The largest absolute Gasteiger partial charge is 0.352 e. The number of aromatic nitrogens is 2. The molecule has 3 aromatic rings. The zero-order valence-corrected chi connectivity index (χ0v) is 17.6. The van der Waals surface area contributed by atoms with E-state index in [0.717, 1.165) is 23.1 Å². The molecule has 0 aliphatic carbocycles. The summed E-state index contributed by atoms with van der Waals surface area (Å²) < 4.78 is 3.29. The topological polar surface area (TPSA) is 59.3 Å². The summed E-state index contributed by atoms with van der Waals surface area (Å²) in [4.78, 5) is 27.3. The number of rotatable bonds is 7. The van der Waals surface area contributed by atoms with Crippen molar-refractivity contribution in [1.82, 2.24) is 19.4 Å². The Bertz CT molecular complexity index is 1060. The zero-order chi connectivity index (χ0) is 20.9. The van der Waals surface area contributed by atoms with Gasteiger partial charge in [-0.15, -0.1) is 0 Å². The molecule has 0 radical (unpaired) electrons. The van der Waals surface area contributed by atoms with Gasteiger partial charge in [-0.05, 0) is 49.2 Å². The second-order valence-corrected chi connectivity index (χ2v) is 8.16. The molecular weight excluding hydrogens is 376 g/mol. The molecule has 1 aliphatic heterocycles. The Hall–Kier alpha value is -2.86. The summed E-state index contributed by atoms with van der Waals surface area (Å²) >= 11 is 0. The average Bonchev–Trinajstić information content (AvgIpc) is 3.02. The van der Waals surface area contributed by atoms with Crippen molar-refractivity contribution in [3.63, 3.8) is 0 Å². The second-order valence-electron chi connectivity index (χ2n) is 8.16. The Morgan fingerprint density at radius 2 is 1.60 bits per heavy atom. The molecule has 6 heteroatoms. The number of carbonyl (C=O) groups excluding carboxylic acids is 1. The van der Waals surface area contributed by atoms with E-state index in [9.17, 15) is 9.59 Å². The lowest BCUT2D eigenvalue weighted by Gasteiger charge is -2.26. The Morgan fingerprint density at radius 3 is 2.33 bits per heavy atom. The van der Waals surface area contributed by atoms with Crippen LogP contribution in [0.3, 0.4) is 0 Å². The first-order valence-corrected chi connectivity index (χ1v) is 10.8. The van der Waals surface area contributed by atoms with Gasteiger partial charge < -0.3 is 5.32 Å². The summed E-state index contributed by atoms with van der Waals surface area (Å²) in [5.74, 6) is -0.0489. The molecule has 0 atom stereocenters. The normalized spacial score (nSPS) is 14.8. The van der Waals surface area contributed by atoms with Gasteiger partial charge in [0, 0.05) is 33.1 Å². The van der Waals surface area contributed by atoms with E-state index in [4.69, 9.17) is 0 Å². The Labute approximate surface area is 177 Å². The number of piperidine rings is 1. The van der Waals surface area contributed by atoms with Crippen LogP contribution >= 0.6 is 0 Å². The molecule has 1 fully saturated rings. The number of fused-ring (bicyclic) bond motifs is 1. The van der Waals surface area contributed by atoms with Crippen LogP contribution in [-0.2, 0) is 31.5 Å². The van der Waals surface area contributed by atoms with Crippen molar-refractivity contribution < 1.29 is 4.79 Å². The number of amides is 1. The molecule has 0 bridgehead atoms. The molecule has 6 nitrogen and oxygen atoms in total. The Morgan fingerprint density at radius 1 is 0.933 bits per heavy atom. The van der Waals surface area contributed by atoms with Gasteiger partial charge in [0.1, 0.15) is 0 Å². The van der Waals surface area contributed by atoms with Crippen molar-refractivity contribution in [3.8, 4) is 0 Å². The van der Waals surface area contributed by atoms with Gasteiger partial charge in [0.15, 0.2) is 0 Å². The number of nitrogens with one attached hydrogen (secondary N) is 1. The lowest BCUT2D eigenvalue weighted by atomic mass is 10.1. The molecule has 2 aromatic carbocycles. The van der Waals surface area contributed by atoms with Crippen molar-refractivity contribution in [2.45, 2.75) is 45.3 Å². The molecule has 1 aliphatic rings. The number of hydrogen-bond acceptors (Lipinski definition) is 3. The van der Waals surface area contributed by atoms with Gasteiger partial charge in [0.05, 0.1) is 11.0 Å². The monoisotopic (exact) mass is 406 g/mol. The van der Waals surface area contributed by atoms with E-state index in [2.05, 4.69) is 34.5 Å². The summed E-state index contributed by atoms with van der Waals surface area (Å²) in [6.07, 6.45) is 4.23. The highest BCUT2D eigenvalue weighted by Crippen LogP contribution is 2.14. The molecular formula is C24H30N4O2. The van der Waals surface area contributed by atoms with Crippen molar-refractivity contribution >= 4 is 16.9 Å². The summed E-state index contributed by atoms with van der Waals surface area (Å²) in [5, 5.41) is 2.97. The fourth-order valence-electron chi connectivity index (χ4n) is 4.22. The molecule has 0 unspecified atom stereocenters. The number of likely N-dealkylation sites (tertiary alicyclic amines) is 1. The average molecular weight is 407 g/mol. The van der Waals surface area contributed by atoms with E-state index in [1.807, 2.05) is 24.3 Å². The van der Waals surface area contributed by atoms with Crippen LogP contribution in [0.2, 0.25) is 0 Å². The number of nitrogens with zero attached hydrogens (tertiary/aromatic N) is 3. The van der Waals surface area contributed by atoms with Crippen LogP contribution in [0.4, 0.5) is 0 Å². The zero-order valence-electron chi connectivity index (χ0n) is 17.6. The van der Waals surface area contributed by atoms with Crippen LogP contribution in [0.5, 0.6) is 0 Å². The lowest BCUT2D eigenvalue weighted by Crippen LogP contribution is -2.29. The van der Waals surface area contributed by atoms with Gasteiger partial charge in [-0.3, -0.25) is 18.8 Å². The minimum atomic E-state index is -0.0895. The molecule has 1 aromatic heterocycles. The van der Waals surface area contributed by atoms with Crippen molar-refractivity contribution in [2.24, 2.45) is 7.05 Å². The molecule has 1 N–H and O–H groups in total. The molecule has 30 heavy (non-hydrogen) atoms. The van der Waals surface area contributed by atoms with E-state index in [1.165, 1.54) is 37.9 Å². The molecule has 4 rings (SSSR count). The first-order valence-electron chi connectivity index (χ1n) is 10.8. The number of carbonyl (C=O) groups is 1. The predicted molar refractivity (Wildman–Crippen MR) is 119 cm³/mol. The van der Waals surface area contributed by atoms with Crippen LogP contribution in [0.25, 0.3) is 11.0 Å². The molecule has 1 amide bonds. The van der Waals surface area contributed by atoms with Gasteiger partial charge in [-0.1, -0.05) is 42.8 Å². The molecule has 0 saturated carbocycles. The minimum Gasteiger partial charge on any atom is -0.352 e. The van der Waals surface area contributed by atoms with E-state index in [1.54, 1.807) is 16.2 Å². The third-order valence-electron chi connectivity index (χ3n) is 5.98. The minimum absolute atomic E-state index is 0.0489. The number of imidazole rings is 1.